The van der Waals surface area contributed by atoms with Gasteiger partial charge in [-0.2, -0.15) is 4.31 Å². The van der Waals surface area contributed by atoms with Gasteiger partial charge in [0.15, 0.2) is 5.11 Å². The maximum atomic E-state index is 12.7. The van der Waals surface area contributed by atoms with Gasteiger partial charge in [0.25, 0.3) is 5.91 Å². The van der Waals surface area contributed by atoms with Crippen molar-refractivity contribution in [2.75, 3.05) is 31.6 Å². The highest BCUT2D eigenvalue weighted by atomic mass is 79.9. The Bertz CT molecular complexity index is 1090. The van der Waals surface area contributed by atoms with Crippen LogP contribution in [-0.4, -0.2) is 56.1 Å². The summed E-state index contributed by atoms with van der Waals surface area (Å²) in [6, 6.07) is 11.2. The molecule has 2 aromatic rings. The molecule has 1 heterocycles. The summed E-state index contributed by atoms with van der Waals surface area (Å²) >= 11 is 8.62. The van der Waals surface area contributed by atoms with Crippen LogP contribution < -0.4 is 15.4 Å². The molecule has 1 amide bonds. The van der Waals surface area contributed by atoms with E-state index in [0.717, 1.165) is 0 Å². The van der Waals surface area contributed by atoms with Crippen LogP contribution in [0.3, 0.4) is 0 Å². The fourth-order valence-corrected chi connectivity index (χ4v) is 5.07. The van der Waals surface area contributed by atoms with E-state index in [2.05, 4.69) is 26.6 Å². The Labute approximate surface area is 201 Å². The number of nitrogens with one attached hydrogen (secondary N) is 2. The van der Waals surface area contributed by atoms with E-state index < -0.39 is 10.0 Å². The first-order chi connectivity index (χ1) is 15.2. The highest BCUT2D eigenvalue weighted by molar-refractivity contribution is 9.10. The molecular formula is C21H24BrN3O5S2. The Kier molecular flexibility index (Phi) is 8.23. The number of sulfonamides is 1. The lowest BCUT2D eigenvalue weighted by Crippen LogP contribution is -2.40. The average molecular weight is 542 g/mol. The van der Waals surface area contributed by atoms with Crippen molar-refractivity contribution < 1.29 is 22.7 Å². The van der Waals surface area contributed by atoms with Crippen molar-refractivity contribution in [1.82, 2.24) is 9.62 Å². The minimum absolute atomic E-state index is 0.0120. The van der Waals surface area contributed by atoms with Crippen molar-refractivity contribution in [1.29, 1.82) is 0 Å². The van der Waals surface area contributed by atoms with Crippen LogP contribution in [-0.2, 0) is 14.8 Å². The standard InChI is InChI=1S/C21H24BrN3O5S2/c1-14(2)30-19-8-3-15(13-18(19)22)20(26)24-21(31)23-16-4-6-17(7-5-16)32(27,28)25-9-11-29-12-10-25/h3-8,13-14H,9-12H2,1-2H3,(H2,23,24,26,31). The summed E-state index contributed by atoms with van der Waals surface area (Å²) in [5.41, 5.74) is 0.960. The largest absolute Gasteiger partial charge is 0.490 e. The van der Waals surface area contributed by atoms with Gasteiger partial charge in [0, 0.05) is 24.3 Å². The highest BCUT2D eigenvalue weighted by Crippen LogP contribution is 2.27. The van der Waals surface area contributed by atoms with Gasteiger partial charge in [-0.25, -0.2) is 8.42 Å². The first-order valence-corrected chi connectivity index (χ1v) is 12.6. The summed E-state index contributed by atoms with van der Waals surface area (Å²) in [5.74, 6) is 0.259. The molecule has 0 spiro atoms. The van der Waals surface area contributed by atoms with E-state index in [-0.39, 0.29) is 22.0 Å². The Hall–Kier alpha value is -2.05. The number of amides is 1. The van der Waals surface area contributed by atoms with Crippen molar-refractivity contribution in [3.63, 3.8) is 0 Å². The Morgan fingerprint density at radius 2 is 1.81 bits per heavy atom. The van der Waals surface area contributed by atoms with E-state index in [4.69, 9.17) is 21.7 Å². The third-order valence-electron chi connectivity index (χ3n) is 4.50. The molecule has 0 aromatic heterocycles. The molecule has 0 saturated carbocycles. The molecule has 11 heteroatoms. The predicted octanol–water partition coefficient (Wildman–Crippen LogP) is 3.38. The smallest absolute Gasteiger partial charge is 0.257 e. The van der Waals surface area contributed by atoms with Crippen LogP contribution in [0.2, 0.25) is 0 Å². The number of anilines is 1. The number of hydrogen-bond acceptors (Lipinski definition) is 6. The number of benzene rings is 2. The van der Waals surface area contributed by atoms with Crippen LogP contribution in [0.5, 0.6) is 5.75 Å². The zero-order chi connectivity index (χ0) is 23.3. The van der Waals surface area contributed by atoms with E-state index >= 15 is 0 Å². The van der Waals surface area contributed by atoms with Gasteiger partial charge in [-0.05, 0) is 84.5 Å². The van der Waals surface area contributed by atoms with E-state index in [1.54, 1.807) is 30.3 Å². The molecule has 0 bridgehead atoms. The Morgan fingerprint density at radius 3 is 2.41 bits per heavy atom. The van der Waals surface area contributed by atoms with Crippen LogP contribution in [0.25, 0.3) is 0 Å². The normalized spacial score (nSPS) is 14.8. The van der Waals surface area contributed by atoms with E-state index in [9.17, 15) is 13.2 Å². The molecule has 3 rings (SSSR count). The van der Waals surface area contributed by atoms with Gasteiger partial charge < -0.3 is 14.8 Å². The molecule has 0 radical (unpaired) electrons. The molecule has 172 valence electrons. The zero-order valence-corrected chi connectivity index (χ0v) is 20.8. The van der Waals surface area contributed by atoms with Crippen molar-refractivity contribution in [2.24, 2.45) is 0 Å². The van der Waals surface area contributed by atoms with E-state index in [1.807, 2.05) is 13.8 Å². The lowest BCUT2D eigenvalue weighted by atomic mass is 10.2. The first kappa shape index (κ1) is 24.6. The van der Waals surface area contributed by atoms with Gasteiger partial charge in [0.1, 0.15) is 5.75 Å². The number of rotatable bonds is 6. The van der Waals surface area contributed by atoms with Gasteiger partial charge >= 0.3 is 0 Å². The molecule has 1 aliphatic rings. The maximum absolute atomic E-state index is 12.7. The number of nitrogens with zero attached hydrogens (tertiary/aromatic N) is 1. The summed E-state index contributed by atoms with van der Waals surface area (Å²) in [6.45, 7) is 5.27. The summed E-state index contributed by atoms with van der Waals surface area (Å²) in [7, 11) is -3.57. The highest BCUT2D eigenvalue weighted by Gasteiger charge is 2.26. The molecular weight excluding hydrogens is 518 g/mol. The number of morpholine rings is 1. The molecule has 8 nitrogen and oxygen atoms in total. The van der Waals surface area contributed by atoms with Gasteiger partial charge in [0.2, 0.25) is 10.0 Å². The fraction of sp³-hybridized carbons (Fsp3) is 0.333. The minimum atomic E-state index is -3.57. The number of halogens is 1. The van der Waals surface area contributed by atoms with Crippen LogP contribution in [0.1, 0.15) is 24.2 Å². The lowest BCUT2D eigenvalue weighted by Gasteiger charge is -2.26. The first-order valence-electron chi connectivity index (χ1n) is 9.93. The van der Waals surface area contributed by atoms with Crippen molar-refractivity contribution in [3.8, 4) is 5.75 Å². The summed E-state index contributed by atoms with van der Waals surface area (Å²) in [5, 5.41) is 5.59. The number of hydrogen-bond donors (Lipinski definition) is 2. The van der Waals surface area contributed by atoms with Gasteiger partial charge in [-0.1, -0.05) is 0 Å². The molecule has 32 heavy (non-hydrogen) atoms. The number of carbonyl (C=O) groups excluding carboxylic acids is 1. The third kappa shape index (κ3) is 6.26. The van der Waals surface area contributed by atoms with Gasteiger partial charge in [0.05, 0.1) is 28.7 Å². The molecule has 1 fully saturated rings. The molecule has 0 atom stereocenters. The number of ether oxygens (including phenoxy) is 2. The summed E-state index contributed by atoms with van der Waals surface area (Å²) < 4.78 is 38.3. The van der Waals surface area contributed by atoms with Crippen molar-refractivity contribution in [2.45, 2.75) is 24.8 Å². The molecule has 2 N–H and O–H groups in total. The Balaban J connectivity index is 1.60. The summed E-state index contributed by atoms with van der Waals surface area (Å²) in [4.78, 5) is 12.7. The Morgan fingerprint density at radius 1 is 1.16 bits per heavy atom. The second-order valence-corrected chi connectivity index (χ2v) is 10.5. The summed E-state index contributed by atoms with van der Waals surface area (Å²) in [6.07, 6.45) is 0.0120. The molecule has 2 aromatic carbocycles. The van der Waals surface area contributed by atoms with Crippen molar-refractivity contribution >= 4 is 54.9 Å². The van der Waals surface area contributed by atoms with Crippen molar-refractivity contribution in [3.05, 3.63) is 52.5 Å². The predicted molar refractivity (Wildman–Crippen MR) is 130 cm³/mol. The number of carbonyl (C=O) groups is 1. The third-order valence-corrected chi connectivity index (χ3v) is 7.24. The quantitative estimate of drug-likeness (QED) is 0.541. The van der Waals surface area contributed by atoms with Crippen LogP contribution in [0.4, 0.5) is 5.69 Å². The lowest BCUT2D eigenvalue weighted by molar-refractivity contribution is 0.0730. The molecule has 1 aliphatic heterocycles. The second-order valence-electron chi connectivity index (χ2n) is 7.26. The topological polar surface area (TPSA) is 97.0 Å². The monoisotopic (exact) mass is 541 g/mol. The van der Waals surface area contributed by atoms with E-state index in [0.29, 0.717) is 47.8 Å². The zero-order valence-electron chi connectivity index (χ0n) is 17.6. The van der Waals surface area contributed by atoms with Crippen LogP contribution in [0, 0.1) is 0 Å². The number of thiocarbonyl (C=S) groups is 1. The second kappa shape index (κ2) is 10.7. The molecule has 1 saturated heterocycles. The van der Waals surface area contributed by atoms with Gasteiger partial charge in [-0.3, -0.25) is 10.1 Å². The molecule has 0 aliphatic carbocycles. The maximum Gasteiger partial charge on any atom is 0.257 e. The van der Waals surface area contributed by atoms with Crippen LogP contribution in [0.15, 0.2) is 51.8 Å². The van der Waals surface area contributed by atoms with E-state index in [1.165, 1.54) is 16.4 Å². The van der Waals surface area contributed by atoms with Crippen LogP contribution >= 0.6 is 28.1 Å². The SMILES string of the molecule is CC(C)Oc1ccc(C(=O)NC(=S)Nc2ccc(S(=O)(=O)N3CCOCC3)cc2)cc1Br. The molecule has 0 unspecified atom stereocenters. The average Bonchev–Trinajstić information content (AvgIpc) is 2.75. The van der Waals surface area contributed by atoms with Gasteiger partial charge in [-0.15, -0.1) is 0 Å². The fourth-order valence-electron chi connectivity index (χ4n) is 2.98. The minimum Gasteiger partial charge on any atom is -0.490 e.